The molecule has 0 bridgehead atoms. The molecule has 2 atom stereocenters. The van der Waals surface area contributed by atoms with E-state index in [0.717, 1.165) is 47.1 Å². The first-order valence-electron chi connectivity index (χ1n) is 9.57. The first kappa shape index (κ1) is 18.5. The van der Waals surface area contributed by atoms with Gasteiger partial charge >= 0.3 is 0 Å². The molecule has 0 spiro atoms. The number of hydrogen-bond donors (Lipinski definition) is 2. The van der Waals surface area contributed by atoms with Crippen molar-refractivity contribution in [1.29, 1.82) is 0 Å². The molecule has 6 heteroatoms. The number of nitrogens with one attached hydrogen (secondary N) is 1. The number of amidine groups is 1. The van der Waals surface area contributed by atoms with Crippen molar-refractivity contribution < 1.29 is 14.6 Å². The molecular formula is C22H25N3O3. The highest BCUT2D eigenvalue weighted by Gasteiger charge is 2.37. The number of fused-ring (bicyclic) bond motifs is 1. The second-order valence-corrected chi connectivity index (χ2v) is 7.34. The Kier molecular flexibility index (Phi) is 5.05. The fourth-order valence-electron chi connectivity index (χ4n) is 3.96. The summed E-state index contributed by atoms with van der Waals surface area (Å²) in [5.74, 6) is 0.929. The van der Waals surface area contributed by atoms with Crippen molar-refractivity contribution in [3.8, 4) is 5.75 Å². The Labute approximate surface area is 164 Å². The van der Waals surface area contributed by atoms with Crippen LogP contribution in [0.2, 0.25) is 0 Å². The lowest BCUT2D eigenvalue weighted by Crippen LogP contribution is -2.45. The summed E-state index contributed by atoms with van der Waals surface area (Å²) in [5.41, 5.74) is 3.96. The lowest BCUT2D eigenvalue weighted by molar-refractivity contribution is -0.127. The third kappa shape index (κ3) is 3.47. The normalized spacial score (nSPS) is 21.6. The van der Waals surface area contributed by atoms with Crippen LogP contribution in [-0.4, -0.2) is 49.7 Å². The topological polar surface area (TPSA) is 74.2 Å². The molecule has 2 heterocycles. The lowest BCUT2D eigenvalue weighted by Gasteiger charge is -2.25. The molecule has 0 fully saturated rings. The quantitative estimate of drug-likeness (QED) is 0.853. The molecule has 2 unspecified atom stereocenters. The molecule has 4 rings (SSSR count). The fourth-order valence-corrected chi connectivity index (χ4v) is 3.96. The van der Waals surface area contributed by atoms with Gasteiger partial charge in [-0.3, -0.25) is 9.79 Å². The summed E-state index contributed by atoms with van der Waals surface area (Å²) in [7, 11) is 1.62. The van der Waals surface area contributed by atoms with Gasteiger partial charge in [-0.1, -0.05) is 29.8 Å². The summed E-state index contributed by atoms with van der Waals surface area (Å²) in [6, 6.07) is 13.7. The van der Waals surface area contributed by atoms with Crippen molar-refractivity contribution >= 4 is 17.4 Å². The van der Waals surface area contributed by atoms with Crippen LogP contribution in [0.3, 0.4) is 0 Å². The number of hydrogen-bond acceptors (Lipinski definition) is 5. The summed E-state index contributed by atoms with van der Waals surface area (Å²) < 4.78 is 5.23. The minimum absolute atomic E-state index is 0.292. The average molecular weight is 379 g/mol. The van der Waals surface area contributed by atoms with Gasteiger partial charge < -0.3 is 20.1 Å². The van der Waals surface area contributed by atoms with Crippen molar-refractivity contribution in [2.24, 2.45) is 4.99 Å². The van der Waals surface area contributed by atoms with Gasteiger partial charge in [0.25, 0.3) is 5.91 Å². The van der Waals surface area contributed by atoms with Crippen LogP contribution in [0.1, 0.15) is 22.6 Å². The van der Waals surface area contributed by atoms with Crippen molar-refractivity contribution in [1.82, 2.24) is 5.32 Å². The van der Waals surface area contributed by atoms with E-state index in [1.54, 1.807) is 12.0 Å². The van der Waals surface area contributed by atoms with E-state index in [2.05, 4.69) is 16.4 Å². The van der Waals surface area contributed by atoms with Crippen LogP contribution >= 0.6 is 0 Å². The summed E-state index contributed by atoms with van der Waals surface area (Å²) in [6.07, 6.45) is -0.532. The Morgan fingerprint density at radius 3 is 2.71 bits per heavy atom. The molecule has 2 N–H and O–H groups in total. The minimum atomic E-state index is -1.12. The maximum Gasteiger partial charge on any atom is 0.256 e. The second kappa shape index (κ2) is 7.64. The van der Waals surface area contributed by atoms with E-state index < -0.39 is 6.10 Å². The highest BCUT2D eigenvalue weighted by molar-refractivity contribution is 6.04. The minimum Gasteiger partial charge on any atom is -0.497 e. The van der Waals surface area contributed by atoms with Crippen molar-refractivity contribution in [3.05, 3.63) is 59.2 Å². The van der Waals surface area contributed by atoms with E-state index in [9.17, 15) is 9.90 Å². The van der Waals surface area contributed by atoms with Gasteiger partial charge in [-0.15, -0.1) is 0 Å². The fraction of sp³-hybridized carbons (Fsp3) is 0.364. The third-order valence-corrected chi connectivity index (χ3v) is 5.46. The van der Waals surface area contributed by atoms with Crippen LogP contribution in [0, 0.1) is 6.92 Å². The predicted octanol–water partition coefficient (Wildman–Crippen LogP) is 2.04. The van der Waals surface area contributed by atoms with E-state index in [1.807, 2.05) is 43.3 Å². The Hall–Kier alpha value is -2.86. The Morgan fingerprint density at radius 1 is 1.25 bits per heavy atom. The molecule has 0 saturated heterocycles. The molecule has 2 aromatic rings. The molecule has 2 aliphatic rings. The van der Waals surface area contributed by atoms with Gasteiger partial charge in [-0.25, -0.2) is 0 Å². The van der Waals surface area contributed by atoms with Crippen molar-refractivity contribution in [2.75, 3.05) is 31.6 Å². The van der Waals surface area contributed by atoms with Gasteiger partial charge in [0.15, 0.2) is 0 Å². The number of amides is 1. The molecule has 0 aromatic heterocycles. The number of rotatable bonds is 4. The summed E-state index contributed by atoms with van der Waals surface area (Å²) >= 11 is 0. The predicted molar refractivity (Wildman–Crippen MR) is 109 cm³/mol. The molecule has 0 radical (unpaired) electrons. The van der Waals surface area contributed by atoms with E-state index in [0.29, 0.717) is 13.0 Å². The standard InChI is InChI=1S/C22H25N3O3/c1-14-3-8-19-16(11-14)12-18(15-4-6-17(28-2)7-5-15)21(26)22(27)25(19)13-20-23-9-10-24-20/h3-8,11,18,21,26H,9-10,12-13H2,1-2H3,(H,23,24). The van der Waals surface area contributed by atoms with Gasteiger partial charge in [-0.05, 0) is 42.7 Å². The number of carbonyl (C=O) groups is 1. The van der Waals surface area contributed by atoms with Crippen LogP contribution in [-0.2, 0) is 11.2 Å². The Balaban J connectivity index is 1.73. The molecule has 2 aliphatic heterocycles. The van der Waals surface area contributed by atoms with Gasteiger partial charge in [0.05, 0.1) is 20.2 Å². The molecule has 2 aromatic carbocycles. The maximum atomic E-state index is 13.3. The molecule has 1 amide bonds. The highest BCUT2D eigenvalue weighted by atomic mass is 16.5. The van der Waals surface area contributed by atoms with Crippen LogP contribution < -0.4 is 15.0 Å². The first-order chi connectivity index (χ1) is 13.6. The lowest BCUT2D eigenvalue weighted by atomic mass is 9.87. The number of carbonyl (C=O) groups excluding carboxylic acids is 1. The monoisotopic (exact) mass is 379 g/mol. The van der Waals surface area contributed by atoms with Gasteiger partial charge in [0.1, 0.15) is 17.7 Å². The molecule has 146 valence electrons. The molecule has 28 heavy (non-hydrogen) atoms. The number of aryl methyl sites for hydroxylation is 1. The molecule has 0 saturated carbocycles. The number of aliphatic hydroxyl groups excluding tert-OH is 1. The number of anilines is 1. The van der Waals surface area contributed by atoms with Gasteiger partial charge in [0.2, 0.25) is 0 Å². The summed E-state index contributed by atoms with van der Waals surface area (Å²) in [6.45, 7) is 3.89. The number of aliphatic imine (C=N–C) groups is 1. The smallest absolute Gasteiger partial charge is 0.256 e. The molecule has 6 nitrogen and oxygen atoms in total. The van der Waals surface area contributed by atoms with E-state index in [1.165, 1.54) is 0 Å². The van der Waals surface area contributed by atoms with E-state index >= 15 is 0 Å². The number of ether oxygens (including phenoxy) is 1. The molecule has 0 aliphatic carbocycles. The van der Waals surface area contributed by atoms with Crippen molar-refractivity contribution in [2.45, 2.75) is 25.4 Å². The molecular weight excluding hydrogens is 354 g/mol. The van der Waals surface area contributed by atoms with E-state index in [-0.39, 0.29) is 11.8 Å². The van der Waals surface area contributed by atoms with E-state index in [4.69, 9.17) is 4.74 Å². The number of aliphatic hydroxyl groups is 1. The summed E-state index contributed by atoms with van der Waals surface area (Å²) in [4.78, 5) is 19.3. The largest absolute Gasteiger partial charge is 0.497 e. The zero-order valence-electron chi connectivity index (χ0n) is 16.2. The first-order valence-corrected chi connectivity index (χ1v) is 9.57. The Bertz CT molecular complexity index is 908. The van der Waals surface area contributed by atoms with Crippen molar-refractivity contribution in [3.63, 3.8) is 0 Å². The van der Waals surface area contributed by atoms with Crippen LogP contribution in [0.15, 0.2) is 47.5 Å². The third-order valence-electron chi connectivity index (χ3n) is 5.46. The van der Waals surface area contributed by atoms with Gasteiger partial charge in [-0.2, -0.15) is 0 Å². The zero-order chi connectivity index (χ0) is 19.7. The van der Waals surface area contributed by atoms with Crippen LogP contribution in [0.5, 0.6) is 5.75 Å². The SMILES string of the molecule is COc1ccc(C2Cc3cc(C)ccc3N(CC3=NCCN3)C(=O)C2O)cc1. The number of benzene rings is 2. The average Bonchev–Trinajstić information content (AvgIpc) is 3.20. The highest BCUT2D eigenvalue weighted by Crippen LogP contribution is 2.36. The number of methoxy groups -OCH3 is 1. The second-order valence-electron chi connectivity index (χ2n) is 7.34. The van der Waals surface area contributed by atoms with Gasteiger partial charge in [0, 0.05) is 18.2 Å². The maximum absolute atomic E-state index is 13.3. The summed E-state index contributed by atoms with van der Waals surface area (Å²) in [5, 5.41) is 14.2. The Morgan fingerprint density at radius 2 is 2.04 bits per heavy atom. The van der Waals surface area contributed by atoms with Crippen LogP contribution in [0.25, 0.3) is 0 Å². The number of nitrogens with zero attached hydrogens (tertiary/aromatic N) is 2. The van der Waals surface area contributed by atoms with Crippen LogP contribution in [0.4, 0.5) is 5.69 Å². The zero-order valence-corrected chi connectivity index (χ0v) is 16.2.